The smallest absolute Gasteiger partial charge is 0.119 e. The molecule has 0 spiro atoms. The molecule has 3 N–H and O–H groups in total. The summed E-state index contributed by atoms with van der Waals surface area (Å²) < 4.78 is 5.48. The molecule has 0 aliphatic carbocycles. The molecule has 0 heterocycles. The molecule has 3 nitrogen and oxygen atoms in total. The fourth-order valence-electron chi connectivity index (χ4n) is 0.982. The Morgan fingerprint density at radius 1 is 1.29 bits per heavy atom. The topological polar surface area (TPSA) is 47.3 Å². The first kappa shape index (κ1) is 13.1. The van der Waals surface area contributed by atoms with Gasteiger partial charge >= 0.3 is 0 Å². The van der Waals surface area contributed by atoms with Gasteiger partial charge in [0.05, 0.1) is 6.61 Å². The Hall–Kier alpha value is -0.930. The van der Waals surface area contributed by atoms with E-state index in [-0.39, 0.29) is 12.4 Å². The molecule has 1 aromatic carbocycles. The minimum atomic E-state index is 0. The molecule has 0 bridgehead atoms. The molecule has 1 rings (SSSR count). The molecule has 0 aliphatic rings. The lowest BCUT2D eigenvalue weighted by Crippen LogP contribution is -2.06. The average molecular weight is 217 g/mol. The van der Waals surface area contributed by atoms with Crippen molar-refractivity contribution in [3.05, 3.63) is 24.3 Å². The van der Waals surface area contributed by atoms with Gasteiger partial charge in [0.1, 0.15) is 5.75 Å². The van der Waals surface area contributed by atoms with Crippen LogP contribution in [0.4, 0.5) is 5.69 Å². The average Bonchev–Trinajstić information content (AvgIpc) is 2.19. The summed E-state index contributed by atoms with van der Waals surface area (Å²) in [5.41, 5.74) is 3.46. The van der Waals surface area contributed by atoms with Crippen LogP contribution in [-0.2, 0) is 0 Å². The molecule has 0 radical (unpaired) electrons. The predicted molar refractivity (Wildman–Crippen MR) is 61.9 cm³/mol. The van der Waals surface area contributed by atoms with E-state index in [0.29, 0.717) is 0 Å². The zero-order valence-corrected chi connectivity index (χ0v) is 9.14. The number of hydrogen-bond donors (Lipinski definition) is 2. The summed E-state index contributed by atoms with van der Waals surface area (Å²) in [4.78, 5) is 0. The van der Waals surface area contributed by atoms with Crippen LogP contribution in [-0.4, -0.2) is 6.61 Å². The van der Waals surface area contributed by atoms with Gasteiger partial charge in [-0.3, -0.25) is 5.84 Å². The molecular weight excluding hydrogens is 200 g/mol. The number of unbranched alkanes of at least 4 members (excludes halogenated alkanes) is 1. The third kappa shape index (κ3) is 4.35. The van der Waals surface area contributed by atoms with E-state index >= 15 is 0 Å². The second-order valence-corrected chi connectivity index (χ2v) is 2.87. The van der Waals surface area contributed by atoms with E-state index in [1.54, 1.807) is 0 Å². The second-order valence-electron chi connectivity index (χ2n) is 2.87. The molecule has 0 saturated heterocycles. The molecule has 4 heteroatoms. The van der Waals surface area contributed by atoms with E-state index in [0.717, 1.165) is 30.9 Å². The first-order chi connectivity index (χ1) is 6.36. The summed E-state index contributed by atoms with van der Waals surface area (Å²) in [7, 11) is 0. The normalized spacial score (nSPS) is 9.00. The highest BCUT2D eigenvalue weighted by Crippen LogP contribution is 2.14. The largest absolute Gasteiger partial charge is 0.494 e. The molecule has 0 saturated carbocycles. The summed E-state index contributed by atoms with van der Waals surface area (Å²) >= 11 is 0. The van der Waals surface area contributed by atoms with Crippen LogP contribution in [0.25, 0.3) is 0 Å². The third-order valence-electron chi connectivity index (χ3n) is 1.79. The number of ether oxygens (including phenoxy) is 1. The van der Waals surface area contributed by atoms with Gasteiger partial charge < -0.3 is 10.2 Å². The van der Waals surface area contributed by atoms with Crippen LogP contribution in [0.5, 0.6) is 5.75 Å². The fraction of sp³-hybridized carbons (Fsp3) is 0.400. The van der Waals surface area contributed by atoms with Gasteiger partial charge in [-0.15, -0.1) is 12.4 Å². The maximum Gasteiger partial charge on any atom is 0.119 e. The molecule has 0 amide bonds. The zero-order valence-electron chi connectivity index (χ0n) is 8.32. The lowest BCUT2D eigenvalue weighted by atomic mass is 10.3. The molecule has 0 aliphatic heterocycles. The van der Waals surface area contributed by atoms with E-state index in [4.69, 9.17) is 10.6 Å². The maximum absolute atomic E-state index is 5.48. The minimum Gasteiger partial charge on any atom is -0.494 e. The Bertz CT molecular complexity index is 238. The number of hydrogen-bond acceptors (Lipinski definition) is 3. The molecule has 80 valence electrons. The molecule has 0 atom stereocenters. The van der Waals surface area contributed by atoms with Crippen LogP contribution in [0, 0.1) is 0 Å². The predicted octanol–water partition coefficient (Wildman–Crippen LogP) is 2.57. The van der Waals surface area contributed by atoms with E-state index in [1.165, 1.54) is 0 Å². The van der Waals surface area contributed by atoms with Crippen molar-refractivity contribution in [2.45, 2.75) is 19.8 Å². The highest BCUT2D eigenvalue weighted by molar-refractivity contribution is 5.85. The Morgan fingerprint density at radius 2 is 1.93 bits per heavy atom. The lowest BCUT2D eigenvalue weighted by Gasteiger charge is -2.05. The Kier molecular flexibility index (Phi) is 6.98. The summed E-state index contributed by atoms with van der Waals surface area (Å²) in [6, 6.07) is 7.60. The van der Waals surface area contributed by atoms with Gasteiger partial charge in [-0.1, -0.05) is 13.3 Å². The van der Waals surface area contributed by atoms with Crippen LogP contribution in [0.2, 0.25) is 0 Å². The summed E-state index contributed by atoms with van der Waals surface area (Å²) in [6.45, 7) is 2.93. The number of nitrogen functional groups attached to an aromatic ring is 1. The van der Waals surface area contributed by atoms with Crippen molar-refractivity contribution in [2.24, 2.45) is 5.84 Å². The standard InChI is InChI=1S/C10H16N2O.ClH/c1-2-3-8-13-10-6-4-9(12-11)5-7-10;/h4-7,12H,2-3,8,11H2,1H3;1H. The number of rotatable bonds is 5. The van der Waals surface area contributed by atoms with Gasteiger partial charge in [-0.05, 0) is 30.7 Å². The Balaban J connectivity index is 0.00000169. The second kappa shape index (κ2) is 7.47. The van der Waals surface area contributed by atoms with Gasteiger partial charge in [-0.2, -0.15) is 0 Å². The van der Waals surface area contributed by atoms with Crippen molar-refractivity contribution < 1.29 is 4.74 Å². The van der Waals surface area contributed by atoms with E-state index in [1.807, 2.05) is 24.3 Å². The Morgan fingerprint density at radius 3 is 2.43 bits per heavy atom. The van der Waals surface area contributed by atoms with Gasteiger partial charge in [0, 0.05) is 5.69 Å². The van der Waals surface area contributed by atoms with E-state index in [9.17, 15) is 0 Å². The number of nitrogens with two attached hydrogens (primary N) is 1. The Labute approximate surface area is 91.0 Å². The van der Waals surface area contributed by atoms with E-state index in [2.05, 4.69) is 12.3 Å². The fourth-order valence-corrected chi connectivity index (χ4v) is 0.982. The summed E-state index contributed by atoms with van der Waals surface area (Å²) in [5, 5.41) is 0. The van der Waals surface area contributed by atoms with Crippen molar-refractivity contribution in [3.63, 3.8) is 0 Å². The number of hydrazine groups is 1. The summed E-state index contributed by atoms with van der Waals surface area (Å²) in [6.07, 6.45) is 2.25. The molecule has 0 unspecified atom stereocenters. The maximum atomic E-state index is 5.48. The first-order valence-electron chi connectivity index (χ1n) is 4.56. The van der Waals surface area contributed by atoms with Crippen LogP contribution in [0.15, 0.2) is 24.3 Å². The van der Waals surface area contributed by atoms with Gasteiger partial charge in [0.25, 0.3) is 0 Å². The molecule has 1 aromatic rings. The van der Waals surface area contributed by atoms with Crippen LogP contribution in [0.3, 0.4) is 0 Å². The van der Waals surface area contributed by atoms with Crippen LogP contribution < -0.4 is 16.0 Å². The molecule has 0 fully saturated rings. The van der Waals surface area contributed by atoms with Crippen LogP contribution >= 0.6 is 12.4 Å². The molecular formula is C10H17ClN2O. The number of halogens is 1. The van der Waals surface area contributed by atoms with Gasteiger partial charge in [0.2, 0.25) is 0 Å². The first-order valence-corrected chi connectivity index (χ1v) is 4.56. The van der Waals surface area contributed by atoms with Crippen LogP contribution in [0.1, 0.15) is 19.8 Å². The molecule has 0 aromatic heterocycles. The molecule has 14 heavy (non-hydrogen) atoms. The monoisotopic (exact) mass is 216 g/mol. The SMILES string of the molecule is CCCCOc1ccc(NN)cc1.Cl. The van der Waals surface area contributed by atoms with Crippen molar-refractivity contribution in [2.75, 3.05) is 12.0 Å². The third-order valence-corrected chi connectivity index (χ3v) is 1.79. The quantitative estimate of drug-likeness (QED) is 0.452. The van der Waals surface area contributed by atoms with Crippen molar-refractivity contribution in [1.29, 1.82) is 0 Å². The van der Waals surface area contributed by atoms with Gasteiger partial charge in [0.15, 0.2) is 0 Å². The number of benzene rings is 1. The highest BCUT2D eigenvalue weighted by atomic mass is 35.5. The number of nitrogens with one attached hydrogen (secondary N) is 1. The zero-order chi connectivity index (χ0) is 9.52. The summed E-state index contributed by atoms with van der Waals surface area (Å²) in [5.74, 6) is 6.13. The lowest BCUT2D eigenvalue weighted by molar-refractivity contribution is 0.309. The van der Waals surface area contributed by atoms with Gasteiger partial charge in [-0.25, -0.2) is 0 Å². The van der Waals surface area contributed by atoms with Crippen molar-refractivity contribution in [1.82, 2.24) is 0 Å². The number of anilines is 1. The minimum absolute atomic E-state index is 0. The van der Waals surface area contributed by atoms with Crippen molar-refractivity contribution >= 4 is 18.1 Å². The van der Waals surface area contributed by atoms with Crippen molar-refractivity contribution in [3.8, 4) is 5.75 Å². The highest BCUT2D eigenvalue weighted by Gasteiger charge is 1.92. The van der Waals surface area contributed by atoms with E-state index < -0.39 is 0 Å².